The minimum atomic E-state index is -4.54. The maximum atomic E-state index is 12.3. The number of carboxylic acids is 1. The van der Waals surface area contributed by atoms with Gasteiger partial charge < -0.3 is 10.2 Å². The first-order valence-electron chi connectivity index (χ1n) is 4.41. The zero-order valence-electron chi connectivity index (χ0n) is 8.08. The Morgan fingerprint density at radius 2 is 1.88 bits per heavy atom. The summed E-state index contributed by atoms with van der Waals surface area (Å²) in [6.07, 6.45) is -4.87. The van der Waals surface area contributed by atoms with Gasteiger partial charge in [0.05, 0.1) is 5.56 Å². The maximum Gasteiger partial charge on any atom is 0.416 e. The SMILES string of the molecule is O=C(O)CCc1cc(O)cc(C(F)(F)F)c1. The third kappa shape index (κ3) is 3.45. The molecule has 0 radical (unpaired) electrons. The summed E-state index contributed by atoms with van der Waals surface area (Å²) >= 11 is 0. The van der Waals surface area contributed by atoms with Crippen LogP contribution in [0.4, 0.5) is 13.2 Å². The number of carboxylic acid groups (broad SMARTS) is 1. The Morgan fingerprint density at radius 1 is 1.25 bits per heavy atom. The van der Waals surface area contributed by atoms with Crippen molar-refractivity contribution in [3.63, 3.8) is 0 Å². The van der Waals surface area contributed by atoms with Crippen molar-refractivity contribution in [2.24, 2.45) is 0 Å². The highest BCUT2D eigenvalue weighted by molar-refractivity contribution is 5.67. The Balaban J connectivity index is 2.94. The second-order valence-corrected chi connectivity index (χ2v) is 3.28. The molecule has 16 heavy (non-hydrogen) atoms. The number of phenols is 1. The first kappa shape index (κ1) is 12.4. The lowest BCUT2D eigenvalue weighted by Crippen LogP contribution is -2.06. The molecule has 2 N–H and O–H groups in total. The van der Waals surface area contributed by atoms with Crippen LogP contribution in [-0.4, -0.2) is 16.2 Å². The molecule has 0 amide bonds. The first-order valence-corrected chi connectivity index (χ1v) is 4.41. The van der Waals surface area contributed by atoms with Gasteiger partial charge in [0, 0.05) is 6.42 Å². The smallest absolute Gasteiger partial charge is 0.416 e. The van der Waals surface area contributed by atoms with Crippen LogP contribution in [0, 0.1) is 0 Å². The largest absolute Gasteiger partial charge is 0.508 e. The summed E-state index contributed by atoms with van der Waals surface area (Å²) < 4.78 is 37.0. The van der Waals surface area contributed by atoms with E-state index in [-0.39, 0.29) is 18.4 Å². The molecule has 0 spiro atoms. The topological polar surface area (TPSA) is 57.5 Å². The number of aromatic hydroxyl groups is 1. The summed E-state index contributed by atoms with van der Waals surface area (Å²) in [5.41, 5.74) is -0.831. The quantitative estimate of drug-likeness (QED) is 0.844. The molecule has 0 aliphatic rings. The van der Waals surface area contributed by atoms with Crippen LogP contribution in [0.1, 0.15) is 17.5 Å². The highest BCUT2D eigenvalue weighted by atomic mass is 19.4. The lowest BCUT2D eigenvalue weighted by Gasteiger charge is -2.09. The average Bonchev–Trinajstić information content (AvgIpc) is 2.12. The zero-order chi connectivity index (χ0) is 12.3. The lowest BCUT2D eigenvalue weighted by molar-refractivity contribution is -0.138. The van der Waals surface area contributed by atoms with Crippen LogP contribution in [0.15, 0.2) is 18.2 Å². The third-order valence-electron chi connectivity index (χ3n) is 1.93. The van der Waals surface area contributed by atoms with Gasteiger partial charge in [0.15, 0.2) is 0 Å². The molecule has 0 saturated carbocycles. The monoisotopic (exact) mass is 234 g/mol. The van der Waals surface area contributed by atoms with E-state index in [1.807, 2.05) is 0 Å². The molecule has 0 aliphatic carbocycles. The summed E-state index contributed by atoms with van der Waals surface area (Å²) in [5, 5.41) is 17.5. The van der Waals surface area contributed by atoms with Gasteiger partial charge in [0.1, 0.15) is 5.75 Å². The minimum Gasteiger partial charge on any atom is -0.508 e. The fourth-order valence-electron chi connectivity index (χ4n) is 1.23. The number of aliphatic carboxylic acids is 1. The molecule has 3 nitrogen and oxygen atoms in total. The molecular formula is C10H9F3O3. The Kier molecular flexibility index (Phi) is 3.41. The van der Waals surface area contributed by atoms with Crippen LogP contribution >= 0.6 is 0 Å². The molecule has 6 heteroatoms. The number of hydrogen-bond donors (Lipinski definition) is 2. The number of alkyl halides is 3. The molecule has 0 saturated heterocycles. The third-order valence-corrected chi connectivity index (χ3v) is 1.93. The molecule has 0 unspecified atom stereocenters. The summed E-state index contributed by atoms with van der Waals surface area (Å²) in [6, 6.07) is 2.56. The van der Waals surface area contributed by atoms with Crippen molar-refractivity contribution in [3.8, 4) is 5.75 Å². The van der Waals surface area contributed by atoms with Gasteiger partial charge in [-0.25, -0.2) is 0 Å². The molecule has 0 aliphatic heterocycles. The first-order chi connectivity index (χ1) is 7.29. The Labute approximate surface area is 89.1 Å². The summed E-state index contributed by atoms with van der Waals surface area (Å²) in [7, 11) is 0. The van der Waals surface area contributed by atoms with Gasteiger partial charge in [-0.05, 0) is 30.2 Å². The van der Waals surface area contributed by atoms with Gasteiger partial charge in [0.2, 0.25) is 0 Å². The van der Waals surface area contributed by atoms with E-state index in [1.165, 1.54) is 0 Å². The molecule has 0 aromatic heterocycles. The number of carbonyl (C=O) groups is 1. The summed E-state index contributed by atoms with van der Waals surface area (Å²) in [6.45, 7) is 0. The highest BCUT2D eigenvalue weighted by Crippen LogP contribution is 2.32. The van der Waals surface area contributed by atoms with Crippen molar-refractivity contribution < 1.29 is 28.2 Å². The van der Waals surface area contributed by atoms with Gasteiger partial charge in [-0.2, -0.15) is 13.2 Å². The molecule has 0 heterocycles. The molecule has 1 rings (SSSR count). The van der Waals surface area contributed by atoms with E-state index in [0.29, 0.717) is 6.07 Å². The van der Waals surface area contributed by atoms with Crippen LogP contribution in [0.25, 0.3) is 0 Å². The molecular weight excluding hydrogens is 225 g/mol. The minimum absolute atomic E-state index is 0.0488. The van der Waals surface area contributed by atoms with Crippen LogP contribution in [0.5, 0.6) is 5.75 Å². The van der Waals surface area contributed by atoms with Crippen molar-refractivity contribution in [1.29, 1.82) is 0 Å². The van der Waals surface area contributed by atoms with Gasteiger partial charge in [-0.15, -0.1) is 0 Å². The van der Waals surface area contributed by atoms with Crippen molar-refractivity contribution in [2.45, 2.75) is 19.0 Å². The lowest BCUT2D eigenvalue weighted by atomic mass is 10.1. The fraction of sp³-hybridized carbons (Fsp3) is 0.300. The number of hydrogen-bond acceptors (Lipinski definition) is 2. The fourth-order valence-corrected chi connectivity index (χ4v) is 1.23. The Hall–Kier alpha value is -1.72. The van der Waals surface area contributed by atoms with E-state index in [4.69, 9.17) is 10.2 Å². The molecule has 0 fully saturated rings. The van der Waals surface area contributed by atoms with E-state index < -0.39 is 23.5 Å². The van der Waals surface area contributed by atoms with Crippen LogP contribution < -0.4 is 0 Å². The molecule has 1 aromatic rings. The number of phenolic OH excluding ortho intramolecular Hbond substituents is 1. The van der Waals surface area contributed by atoms with E-state index in [0.717, 1.165) is 12.1 Å². The van der Waals surface area contributed by atoms with Crippen molar-refractivity contribution in [1.82, 2.24) is 0 Å². The van der Waals surface area contributed by atoms with Crippen molar-refractivity contribution in [2.75, 3.05) is 0 Å². The van der Waals surface area contributed by atoms with Crippen molar-refractivity contribution >= 4 is 5.97 Å². The molecule has 0 bridgehead atoms. The van der Waals surface area contributed by atoms with Gasteiger partial charge >= 0.3 is 12.1 Å². The van der Waals surface area contributed by atoms with Crippen LogP contribution in [-0.2, 0) is 17.4 Å². The van der Waals surface area contributed by atoms with E-state index in [1.54, 1.807) is 0 Å². The Bertz CT molecular complexity index is 399. The van der Waals surface area contributed by atoms with E-state index in [9.17, 15) is 18.0 Å². The number of rotatable bonds is 3. The zero-order valence-corrected chi connectivity index (χ0v) is 8.08. The van der Waals surface area contributed by atoms with E-state index in [2.05, 4.69) is 0 Å². The normalized spacial score (nSPS) is 11.4. The highest BCUT2D eigenvalue weighted by Gasteiger charge is 2.31. The van der Waals surface area contributed by atoms with Crippen LogP contribution in [0.3, 0.4) is 0 Å². The maximum absolute atomic E-state index is 12.3. The average molecular weight is 234 g/mol. The summed E-state index contributed by atoms with van der Waals surface area (Å²) in [5.74, 6) is -1.62. The molecule has 88 valence electrons. The van der Waals surface area contributed by atoms with E-state index >= 15 is 0 Å². The second kappa shape index (κ2) is 4.42. The van der Waals surface area contributed by atoms with Crippen molar-refractivity contribution in [3.05, 3.63) is 29.3 Å². The molecule has 0 atom stereocenters. The molecule has 1 aromatic carbocycles. The van der Waals surface area contributed by atoms with Gasteiger partial charge in [-0.1, -0.05) is 0 Å². The van der Waals surface area contributed by atoms with Crippen LogP contribution in [0.2, 0.25) is 0 Å². The predicted molar refractivity (Wildman–Crippen MR) is 49.1 cm³/mol. The number of halogens is 3. The second-order valence-electron chi connectivity index (χ2n) is 3.28. The van der Waals surface area contributed by atoms with Gasteiger partial charge in [-0.3, -0.25) is 4.79 Å². The van der Waals surface area contributed by atoms with Gasteiger partial charge in [0.25, 0.3) is 0 Å². The standard InChI is InChI=1S/C10H9F3O3/c11-10(12,13)7-3-6(1-2-9(15)16)4-8(14)5-7/h3-5,14H,1-2H2,(H,15,16). The predicted octanol–water partition coefficient (Wildman–Crippen LogP) is 2.43. The number of aryl methyl sites for hydroxylation is 1. The summed E-state index contributed by atoms with van der Waals surface area (Å²) in [4.78, 5) is 10.3. The Morgan fingerprint density at radius 3 is 2.38 bits per heavy atom. The number of benzene rings is 1.